The number of allylic oxidation sites excluding steroid dienone is 1. The van der Waals surface area contributed by atoms with Gasteiger partial charge in [0.05, 0.1) is 0 Å². The van der Waals surface area contributed by atoms with Gasteiger partial charge in [0.2, 0.25) is 0 Å². The van der Waals surface area contributed by atoms with E-state index in [2.05, 4.69) is 49.9 Å². The zero-order chi connectivity index (χ0) is 10.7. The zero-order valence-corrected chi connectivity index (χ0v) is 9.55. The highest BCUT2D eigenvalue weighted by Gasteiger charge is 2.20. The molecule has 1 aliphatic carbocycles. The highest BCUT2D eigenvalue weighted by Crippen LogP contribution is 2.35. The second kappa shape index (κ2) is 4.89. The topological polar surface area (TPSA) is 0 Å². The maximum Gasteiger partial charge on any atom is 0.0124 e. The molecule has 0 amide bonds. The van der Waals surface area contributed by atoms with E-state index in [0.717, 1.165) is 5.57 Å². The first kappa shape index (κ1) is 10.8. The van der Waals surface area contributed by atoms with Crippen molar-refractivity contribution in [3.05, 3.63) is 68.0 Å². The molecule has 5 radical (unpaired) electrons. The first-order valence-electron chi connectivity index (χ1n) is 4.86. The molecule has 0 aliphatic heterocycles. The van der Waals surface area contributed by atoms with Crippen molar-refractivity contribution in [3.8, 4) is 0 Å². The molecule has 15 heavy (non-hydrogen) atoms. The van der Waals surface area contributed by atoms with Crippen LogP contribution in [-0.2, 0) is 0 Å². The predicted molar refractivity (Wildman–Crippen MR) is 67.7 cm³/mol. The fraction of sp³-hybridized carbons (Fsp3) is 0.0714. The minimum absolute atomic E-state index is 1.09. The van der Waals surface area contributed by atoms with Crippen LogP contribution in [0.5, 0.6) is 0 Å². The van der Waals surface area contributed by atoms with Crippen LogP contribution in [0.2, 0.25) is 0 Å². The van der Waals surface area contributed by atoms with Crippen molar-refractivity contribution in [2.75, 3.05) is 6.26 Å². The van der Waals surface area contributed by atoms with E-state index in [0.29, 0.717) is 0 Å². The van der Waals surface area contributed by atoms with Crippen LogP contribution in [0.25, 0.3) is 5.57 Å². The van der Waals surface area contributed by atoms with Crippen LogP contribution in [0.15, 0.2) is 35.7 Å². The third kappa shape index (κ3) is 2.46. The maximum atomic E-state index is 4.12. The highest BCUT2D eigenvalue weighted by molar-refractivity contribution is 7.98. The molecule has 0 saturated heterocycles. The Bertz CT molecular complexity index is 331. The predicted octanol–water partition coefficient (Wildman–Crippen LogP) is 3.83. The van der Waals surface area contributed by atoms with Crippen molar-refractivity contribution in [1.82, 2.24) is 0 Å². The Hall–Kier alpha value is -0.690. The molecule has 0 nitrogen and oxygen atoms in total. The van der Waals surface area contributed by atoms with Crippen LogP contribution >= 0.6 is 11.8 Å². The standard InChI is InChI=1S/C14H13S/c1-11(12-5-3-4-6-12)13-7-9-14(15-2)10-8-13/h3-10H,1H2,2H3. The van der Waals surface area contributed by atoms with Gasteiger partial charge in [0.1, 0.15) is 0 Å². The van der Waals surface area contributed by atoms with Gasteiger partial charge >= 0.3 is 0 Å². The first-order chi connectivity index (χ1) is 7.31. The molecule has 0 heterocycles. The number of rotatable bonds is 3. The van der Waals surface area contributed by atoms with Crippen LogP contribution in [0.4, 0.5) is 0 Å². The molecule has 0 spiro atoms. The van der Waals surface area contributed by atoms with Gasteiger partial charge in [0, 0.05) is 10.8 Å². The average molecular weight is 213 g/mol. The van der Waals surface area contributed by atoms with E-state index >= 15 is 0 Å². The number of hydrogen-bond acceptors (Lipinski definition) is 1. The maximum absolute atomic E-state index is 4.12. The van der Waals surface area contributed by atoms with Crippen molar-refractivity contribution >= 4 is 17.3 Å². The molecule has 0 aromatic heterocycles. The zero-order valence-electron chi connectivity index (χ0n) is 8.73. The lowest BCUT2D eigenvalue weighted by atomic mass is 9.93. The minimum atomic E-state index is 1.09. The second-order valence-corrected chi connectivity index (χ2v) is 4.26. The molecule has 1 aromatic carbocycles. The van der Waals surface area contributed by atoms with Crippen LogP contribution in [-0.4, -0.2) is 6.26 Å². The summed E-state index contributed by atoms with van der Waals surface area (Å²) in [5, 5.41) is 0. The number of hydrogen-bond donors (Lipinski definition) is 0. The Balaban J connectivity index is 2.11. The van der Waals surface area contributed by atoms with Crippen molar-refractivity contribution in [1.29, 1.82) is 0 Å². The summed E-state index contributed by atoms with van der Waals surface area (Å²) in [7, 11) is 0. The third-order valence-electron chi connectivity index (χ3n) is 2.45. The summed E-state index contributed by atoms with van der Waals surface area (Å²) in [5.74, 6) is 1.20. The SMILES string of the molecule is C=C([C]1[CH][CH][CH][CH]1)c1ccc(SC)cc1. The fourth-order valence-corrected chi connectivity index (χ4v) is 1.94. The Morgan fingerprint density at radius 2 is 1.67 bits per heavy atom. The lowest BCUT2D eigenvalue weighted by Gasteiger charge is -2.12. The monoisotopic (exact) mass is 213 g/mol. The summed E-state index contributed by atoms with van der Waals surface area (Å²) in [6.07, 6.45) is 10.3. The molecule has 0 bridgehead atoms. The van der Waals surface area contributed by atoms with Gasteiger partial charge in [-0.3, -0.25) is 0 Å². The highest BCUT2D eigenvalue weighted by atomic mass is 32.2. The summed E-state index contributed by atoms with van der Waals surface area (Å²) in [6, 6.07) is 8.52. The van der Waals surface area contributed by atoms with Gasteiger partial charge in [0.25, 0.3) is 0 Å². The van der Waals surface area contributed by atoms with Gasteiger partial charge in [-0.05, 0) is 55.2 Å². The van der Waals surface area contributed by atoms with Crippen LogP contribution < -0.4 is 0 Å². The quantitative estimate of drug-likeness (QED) is 0.688. The molecular weight excluding hydrogens is 200 g/mol. The Morgan fingerprint density at radius 3 is 2.20 bits per heavy atom. The van der Waals surface area contributed by atoms with Gasteiger partial charge in [-0.2, -0.15) is 0 Å². The number of thioether (sulfide) groups is 1. The molecule has 1 fully saturated rings. The summed E-state index contributed by atoms with van der Waals surface area (Å²) in [5.41, 5.74) is 2.28. The molecule has 1 aliphatic rings. The van der Waals surface area contributed by atoms with E-state index in [1.165, 1.54) is 16.4 Å². The number of benzene rings is 1. The Morgan fingerprint density at radius 1 is 1.07 bits per heavy atom. The van der Waals surface area contributed by atoms with Gasteiger partial charge in [-0.15, -0.1) is 11.8 Å². The first-order valence-corrected chi connectivity index (χ1v) is 6.09. The fourth-order valence-electron chi connectivity index (χ4n) is 1.53. The lowest BCUT2D eigenvalue weighted by molar-refractivity contribution is 1.36. The van der Waals surface area contributed by atoms with E-state index in [1.54, 1.807) is 11.8 Å². The summed E-state index contributed by atoms with van der Waals surface area (Å²) >= 11 is 1.76. The summed E-state index contributed by atoms with van der Waals surface area (Å²) < 4.78 is 0. The van der Waals surface area contributed by atoms with Gasteiger partial charge < -0.3 is 0 Å². The van der Waals surface area contributed by atoms with E-state index in [-0.39, 0.29) is 0 Å². The molecule has 0 unspecified atom stereocenters. The van der Waals surface area contributed by atoms with E-state index in [9.17, 15) is 0 Å². The van der Waals surface area contributed by atoms with Crippen molar-refractivity contribution in [2.24, 2.45) is 0 Å². The van der Waals surface area contributed by atoms with Gasteiger partial charge in [0.15, 0.2) is 0 Å². The smallest absolute Gasteiger partial charge is 0.0124 e. The van der Waals surface area contributed by atoms with Crippen LogP contribution in [0, 0.1) is 31.6 Å². The van der Waals surface area contributed by atoms with Crippen molar-refractivity contribution in [3.63, 3.8) is 0 Å². The van der Waals surface area contributed by atoms with Crippen molar-refractivity contribution < 1.29 is 0 Å². The van der Waals surface area contributed by atoms with Crippen LogP contribution in [0.3, 0.4) is 0 Å². The molecule has 1 aromatic rings. The van der Waals surface area contributed by atoms with Gasteiger partial charge in [-0.25, -0.2) is 0 Å². The van der Waals surface area contributed by atoms with Crippen LogP contribution in [0.1, 0.15) is 5.56 Å². The molecule has 1 heteroatoms. The summed E-state index contributed by atoms with van der Waals surface area (Å²) in [6.45, 7) is 4.12. The molecule has 0 atom stereocenters. The lowest BCUT2D eigenvalue weighted by Crippen LogP contribution is -1.95. The Labute approximate surface area is 96.8 Å². The molecule has 1 saturated carbocycles. The molecular formula is C14H13S. The normalized spacial score (nSPS) is 16.9. The molecule has 2 rings (SSSR count). The molecule has 0 N–H and O–H groups in total. The largest absolute Gasteiger partial charge is 0.130 e. The van der Waals surface area contributed by atoms with E-state index in [1.807, 2.05) is 12.8 Å². The average Bonchev–Trinajstić information content (AvgIpc) is 2.82. The summed E-state index contributed by atoms with van der Waals surface area (Å²) in [4.78, 5) is 1.29. The van der Waals surface area contributed by atoms with E-state index in [4.69, 9.17) is 0 Å². The van der Waals surface area contributed by atoms with Gasteiger partial charge in [-0.1, -0.05) is 18.7 Å². The third-order valence-corrected chi connectivity index (χ3v) is 3.19. The minimum Gasteiger partial charge on any atom is -0.130 e. The Kier molecular flexibility index (Phi) is 3.53. The van der Waals surface area contributed by atoms with Crippen molar-refractivity contribution in [2.45, 2.75) is 4.90 Å². The second-order valence-electron chi connectivity index (χ2n) is 3.38. The van der Waals surface area contributed by atoms with E-state index < -0.39 is 0 Å². The molecule has 75 valence electrons.